The van der Waals surface area contributed by atoms with Crippen LogP contribution in [0.5, 0.6) is 0 Å². The molecule has 7 nitrogen and oxygen atoms in total. The van der Waals surface area contributed by atoms with Crippen LogP contribution in [-0.4, -0.2) is 50.0 Å². The Kier molecular flexibility index (Phi) is 4.01. The molecule has 0 radical (unpaired) electrons. The van der Waals surface area contributed by atoms with Gasteiger partial charge in [-0.25, -0.2) is 8.42 Å². The van der Waals surface area contributed by atoms with E-state index in [-0.39, 0.29) is 23.9 Å². The zero-order valence-electron chi connectivity index (χ0n) is 12.8. The highest BCUT2D eigenvalue weighted by Crippen LogP contribution is 2.30. The summed E-state index contributed by atoms with van der Waals surface area (Å²) in [4.78, 5) is 26.2. The van der Waals surface area contributed by atoms with Gasteiger partial charge >= 0.3 is 0 Å². The van der Waals surface area contributed by atoms with Crippen molar-refractivity contribution in [2.75, 3.05) is 17.5 Å². The molecule has 0 aliphatic carbocycles. The highest BCUT2D eigenvalue weighted by Gasteiger charge is 2.40. The Bertz CT molecular complexity index is 730. The quantitative estimate of drug-likeness (QED) is 0.842. The largest absolute Gasteiger partial charge is 0.354 e. The predicted molar refractivity (Wildman–Crippen MR) is 85.5 cm³/mol. The second-order valence-corrected chi connectivity index (χ2v) is 7.81. The van der Waals surface area contributed by atoms with Crippen LogP contribution >= 0.6 is 0 Å². The number of nitrogens with one attached hydrogen (secondary N) is 2. The zero-order chi connectivity index (χ0) is 16.6. The van der Waals surface area contributed by atoms with Gasteiger partial charge < -0.3 is 10.2 Å². The topological polar surface area (TPSA) is 95.6 Å². The van der Waals surface area contributed by atoms with E-state index in [4.69, 9.17) is 0 Å². The van der Waals surface area contributed by atoms with Gasteiger partial charge in [0.2, 0.25) is 15.9 Å². The van der Waals surface area contributed by atoms with Crippen molar-refractivity contribution in [3.05, 3.63) is 29.8 Å². The number of nitrogens with zero attached hydrogens (tertiary/aromatic N) is 1. The molecule has 2 fully saturated rings. The van der Waals surface area contributed by atoms with Crippen LogP contribution in [0.1, 0.15) is 29.6 Å². The molecule has 2 unspecified atom stereocenters. The maximum atomic E-state index is 12.8. The molecule has 2 bridgehead atoms. The number of sulfonamides is 1. The lowest BCUT2D eigenvalue weighted by molar-refractivity contribution is -0.121. The van der Waals surface area contributed by atoms with Crippen molar-refractivity contribution in [1.29, 1.82) is 0 Å². The van der Waals surface area contributed by atoms with Gasteiger partial charge in [-0.15, -0.1) is 0 Å². The zero-order valence-corrected chi connectivity index (χ0v) is 13.6. The lowest BCUT2D eigenvalue weighted by Crippen LogP contribution is -2.42. The number of anilines is 1. The lowest BCUT2D eigenvalue weighted by Gasteiger charge is -2.27. The molecule has 2 atom stereocenters. The van der Waals surface area contributed by atoms with Gasteiger partial charge in [0.05, 0.1) is 6.26 Å². The van der Waals surface area contributed by atoms with Gasteiger partial charge in [-0.1, -0.05) is 0 Å². The second-order valence-electron chi connectivity index (χ2n) is 6.06. The molecule has 3 rings (SSSR count). The summed E-state index contributed by atoms with van der Waals surface area (Å²) in [6, 6.07) is 6.33. The third kappa shape index (κ3) is 3.47. The maximum absolute atomic E-state index is 12.8. The van der Waals surface area contributed by atoms with E-state index < -0.39 is 10.0 Å². The van der Waals surface area contributed by atoms with Crippen molar-refractivity contribution in [2.45, 2.75) is 31.3 Å². The molecule has 0 saturated carbocycles. The van der Waals surface area contributed by atoms with Gasteiger partial charge in [0.25, 0.3) is 5.91 Å². The molecule has 1 aromatic rings. The summed E-state index contributed by atoms with van der Waals surface area (Å²) < 4.78 is 24.8. The standard InChI is InChI=1S/C15H19N3O4S/c1-23(21,22)17-11-4-2-10(3-5-11)15(20)18-12-6-7-13(18)9-16-14(19)8-12/h2-5,12-13,17H,6-9H2,1H3,(H,16,19). The minimum Gasteiger partial charge on any atom is -0.354 e. The third-order valence-corrected chi connectivity index (χ3v) is 4.85. The first kappa shape index (κ1) is 15.8. The molecule has 2 aliphatic rings. The Labute approximate surface area is 135 Å². The Morgan fingerprint density at radius 2 is 1.87 bits per heavy atom. The number of fused-ring (bicyclic) bond motifs is 2. The average Bonchev–Trinajstić information content (AvgIpc) is 2.77. The number of carbonyl (C=O) groups excluding carboxylic acids is 2. The summed E-state index contributed by atoms with van der Waals surface area (Å²) in [5.74, 6) is -0.123. The van der Waals surface area contributed by atoms with Crippen LogP contribution in [0.25, 0.3) is 0 Å². The van der Waals surface area contributed by atoms with Crippen LogP contribution in [-0.2, 0) is 14.8 Å². The van der Waals surface area contributed by atoms with Crippen molar-refractivity contribution >= 4 is 27.5 Å². The van der Waals surface area contributed by atoms with Crippen LogP contribution in [0, 0.1) is 0 Å². The van der Waals surface area contributed by atoms with Gasteiger partial charge in [-0.2, -0.15) is 0 Å². The third-order valence-electron chi connectivity index (χ3n) is 4.25. The molecule has 2 heterocycles. The molecule has 0 aromatic heterocycles. The van der Waals surface area contributed by atoms with Crippen LogP contribution in [0.15, 0.2) is 24.3 Å². The van der Waals surface area contributed by atoms with E-state index in [1.165, 1.54) is 0 Å². The molecule has 2 saturated heterocycles. The van der Waals surface area contributed by atoms with Crippen LogP contribution < -0.4 is 10.0 Å². The summed E-state index contributed by atoms with van der Waals surface area (Å²) in [6.45, 7) is 0.495. The fourth-order valence-electron chi connectivity index (χ4n) is 3.26. The average molecular weight is 337 g/mol. The summed E-state index contributed by atoms with van der Waals surface area (Å²) in [5.41, 5.74) is 0.912. The molecule has 124 valence electrons. The first-order valence-electron chi connectivity index (χ1n) is 7.51. The van der Waals surface area contributed by atoms with Crippen molar-refractivity contribution < 1.29 is 18.0 Å². The van der Waals surface area contributed by atoms with E-state index in [0.29, 0.717) is 24.2 Å². The van der Waals surface area contributed by atoms with Crippen LogP contribution in [0.2, 0.25) is 0 Å². The molecule has 0 spiro atoms. The molecule has 2 amide bonds. The smallest absolute Gasteiger partial charge is 0.254 e. The van der Waals surface area contributed by atoms with Gasteiger partial charge in [-0.05, 0) is 37.1 Å². The SMILES string of the molecule is CS(=O)(=O)Nc1ccc(C(=O)N2C3CCC2CC(=O)NC3)cc1. The number of benzene rings is 1. The Morgan fingerprint density at radius 3 is 2.52 bits per heavy atom. The summed E-state index contributed by atoms with van der Waals surface area (Å²) in [6.07, 6.45) is 3.16. The van der Waals surface area contributed by atoms with Crippen LogP contribution in [0.4, 0.5) is 5.69 Å². The van der Waals surface area contributed by atoms with Gasteiger partial charge in [0.15, 0.2) is 0 Å². The highest BCUT2D eigenvalue weighted by molar-refractivity contribution is 7.92. The molecule has 8 heteroatoms. The fourth-order valence-corrected chi connectivity index (χ4v) is 3.82. The second kappa shape index (κ2) is 5.84. The molecular weight excluding hydrogens is 318 g/mol. The first-order valence-corrected chi connectivity index (χ1v) is 9.40. The molecule has 2 N–H and O–H groups in total. The van der Waals surface area contributed by atoms with E-state index in [1.54, 1.807) is 29.2 Å². The molecule has 23 heavy (non-hydrogen) atoms. The van der Waals surface area contributed by atoms with E-state index >= 15 is 0 Å². The highest BCUT2D eigenvalue weighted by atomic mass is 32.2. The normalized spacial score (nSPS) is 24.0. The Balaban J connectivity index is 1.79. The summed E-state index contributed by atoms with van der Waals surface area (Å²) >= 11 is 0. The van der Waals surface area contributed by atoms with E-state index in [1.807, 2.05) is 0 Å². The lowest BCUT2D eigenvalue weighted by atomic mass is 10.1. The number of hydrogen-bond acceptors (Lipinski definition) is 4. The molecular formula is C15H19N3O4S. The van der Waals surface area contributed by atoms with Crippen molar-refractivity contribution in [2.24, 2.45) is 0 Å². The fraction of sp³-hybridized carbons (Fsp3) is 0.467. The van der Waals surface area contributed by atoms with Crippen LogP contribution in [0.3, 0.4) is 0 Å². The predicted octanol–water partition coefficient (Wildman–Crippen LogP) is 0.551. The minimum absolute atomic E-state index is 0.0114. The molecule has 2 aliphatic heterocycles. The van der Waals surface area contributed by atoms with Crippen molar-refractivity contribution in [3.63, 3.8) is 0 Å². The number of carbonyl (C=O) groups is 2. The minimum atomic E-state index is -3.34. The van der Waals surface area contributed by atoms with Crippen molar-refractivity contribution in [1.82, 2.24) is 10.2 Å². The van der Waals surface area contributed by atoms with E-state index in [0.717, 1.165) is 19.1 Å². The van der Waals surface area contributed by atoms with Gasteiger partial charge in [-0.3, -0.25) is 14.3 Å². The number of amides is 2. The first-order chi connectivity index (χ1) is 10.8. The summed E-state index contributed by atoms with van der Waals surface area (Å²) in [7, 11) is -3.34. The van der Waals surface area contributed by atoms with E-state index in [2.05, 4.69) is 10.0 Å². The monoisotopic (exact) mass is 337 g/mol. The van der Waals surface area contributed by atoms with E-state index in [9.17, 15) is 18.0 Å². The Hall–Kier alpha value is -2.09. The Morgan fingerprint density at radius 1 is 1.22 bits per heavy atom. The maximum Gasteiger partial charge on any atom is 0.254 e. The van der Waals surface area contributed by atoms with Gasteiger partial charge in [0, 0.05) is 36.3 Å². The number of hydrogen-bond donors (Lipinski definition) is 2. The van der Waals surface area contributed by atoms with Gasteiger partial charge in [0.1, 0.15) is 0 Å². The summed E-state index contributed by atoms with van der Waals surface area (Å²) in [5, 5.41) is 2.84. The molecule has 1 aromatic carbocycles. The van der Waals surface area contributed by atoms with Crippen molar-refractivity contribution in [3.8, 4) is 0 Å². The number of rotatable bonds is 3.